The predicted octanol–water partition coefficient (Wildman–Crippen LogP) is 0.482. The van der Waals surface area contributed by atoms with Crippen molar-refractivity contribution in [2.24, 2.45) is 5.92 Å². The molecule has 3 atom stereocenters. The fraction of sp³-hybridized carbons (Fsp3) is 0.533. The maximum Gasteiger partial charge on any atom is 0.271 e. The average Bonchev–Trinajstić information content (AvgIpc) is 2.90. The molecule has 2 rings (SSSR count). The number of nitro benzene ring substituents is 1. The second-order valence-corrected chi connectivity index (χ2v) is 5.85. The van der Waals surface area contributed by atoms with Crippen LogP contribution in [0.5, 0.6) is 0 Å². The van der Waals surface area contributed by atoms with E-state index >= 15 is 0 Å². The number of anilines is 1. The van der Waals surface area contributed by atoms with Gasteiger partial charge in [-0.15, -0.1) is 0 Å². The second-order valence-electron chi connectivity index (χ2n) is 5.85. The monoisotopic (exact) mass is 322 g/mol. The van der Waals surface area contributed by atoms with Crippen LogP contribution in [0.1, 0.15) is 13.3 Å². The number of non-ortho nitro benzene ring substituents is 1. The third-order valence-corrected chi connectivity index (χ3v) is 3.86. The van der Waals surface area contributed by atoms with E-state index in [0.717, 1.165) is 6.54 Å². The number of hydrogen-bond acceptors (Lipinski definition) is 6. The summed E-state index contributed by atoms with van der Waals surface area (Å²) < 4.78 is 0. The molecule has 1 aromatic carbocycles. The van der Waals surface area contributed by atoms with Crippen LogP contribution in [-0.4, -0.2) is 47.7 Å². The summed E-state index contributed by atoms with van der Waals surface area (Å²) >= 11 is 0. The van der Waals surface area contributed by atoms with E-state index in [1.54, 1.807) is 6.07 Å². The number of β-amino-alcohol motifs (C(OH)–C–C–N with tert-alkyl or cyclic N) is 1. The number of aliphatic hydroxyl groups excluding tert-OH is 1. The van der Waals surface area contributed by atoms with Gasteiger partial charge in [-0.1, -0.05) is 6.07 Å². The number of carbonyl (C=O) groups is 1. The molecule has 1 fully saturated rings. The van der Waals surface area contributed by atoms with Gasteiger partial charge in [0.05, 0.1) is 11.0 Å². The van der Waals surface area contributed by atoms with E-state index in [0.29, 0.717) is 18.8 Å². The molecular weight excluding hydrogens is 300 g/mol. The summed E-state index contributed by atoms with van der Waals surface area (Å²) in [4.78, 5) is 22.2. The highest BCUT2D eigenvalue weighted by Gasteiger charge is 2.25. The molecule has 1 saturated heterocycles. The molecule has 1 aliphatic rings. The van der Waals surface area contributed by atoms with Crippen LogP contribution in [0.15, 0.2) is 24.3 Å². The maximum atomic E-state index is 12.0. The number of nitrogens with zero attached hydrogens (tertiary/aromatic N) is 1. The zero-order valence-corrected chi connectivity index (χ0v) is 13.0. The molecule has 1 aliphatic heterocycles. The van der Waals surface area contributed by atoms with Crippen LogP contribution in [0.2, 0.25) is 0 Å². The highest BCUT2D eigenvalue weighted by Crippen LogP contribution is 2.17. The van der Waals surface area contributed by atoms with Gasteiger partial charge < -0.3 is 21.1 Å². The molecule has 4 N–H and O–H groups in total. The van der Waals surface area contributed by atoms with Gasteiger partial charge in [0.2, 0.25) is 5.91 Å². The van der Waals surface area contributed by atoms with E-state index in [4.69, 9.17) is 0 Å². The van der Waals surface area contributed by atoms with E-state index in [1.807, 2.05) is 6.92 Å². The first kappa shape index (κ1) is 17.3. The molecule has 0 saturated carbocycles. The van der Waals surface area contributed by atoms with E-state index in [2.05, 4.69) is 16.0 Å². The normalized spacial score (nSPS) is 21.8. The second kappa shape index (κ2) is 8.00. The fourth-order valence-electron chi connectivity index (χ4n) is 2.54. The predicted molar refractivity (Wildman–Crippen MR) is 86.2 cm³/mol. The average molecular weight is 322 g/mol. The van der Waals surface area contributed by atoms with Crippen molar-refractivity contribution in [3.8, 4) is 0 Å². The maximum absolute atomic E-state index is 12.0. The van der Waals surface area contributed by atoms with Gasteiger partial charge in [0.15, 0.2) is 0 Å². The number of aliphatic hydroxyl groups is 1. The van der Waals surface area contributed by atoms with Crippen LogP contribution in [0.25, 0.3) is 0 Å². The minimum atomic E-state index is -0.499. The summed E-state index contributed by atoms with van der Waals surface area (Å²) in [5.41, 5.74) is 0.350. The van der Waals surface area contributed by atoms with Crippen LogP contribution >= 0.6 is 0 Å². The Bertz CT molecular complexity index is 566. The van der Waals surface area contributed by atoms with E-state index in [-0.39, 0.29) is 36.1 Å². The molecule has 0 radical (unpaired) electrons. The molecule has 8 heteroatoms. The molecule has 3 unspecified atom stereocenters. The number of nitro groups is 1. The van der Waals surface area contributed by atoms with Crippen molar-refractivity contribution >= 4 is 17.3 Å². The van der Waals surface area contributed by atoms with Gasteiger partial charge in [-0.2, -0.15) is 0 Å². The first-order chi connectivity index (χ1) is 11.0. The van der Waals surface area contributed by atoms with Gasteiger partial charge in [0, 0.05) is 55.8 Å². The van der Waals surface area contributed by atoms with Crippen molar-refractivity contribution in [2.75, 3.05) is 25.0 Å². The van der Waals surface area contributed by atoms with Crippen LogP contribution < -0.4 is 16.0 Å². The van der Waals surface area contributed by atoms with E-state index in [9.17, 15) is 20.0 Å². The zero-order valence-electron chi connectivity index (χ0n) is 13.0. The molecule has 126 valence electrons. The van der Waals surface area contributed by atoms with Gasteiger partial charge >= 0.3 is 0 Å². The summed E-state index contributed by atoms with van der Waals surface area (Å²) in [5, 5.41) is 29.4. The minimum absolute atomic E-state index is 0.0542. The van der Waals surface area contributed by atoms with Crippen LogP contribution in [0.3, 0.4) is 0 Å². The molecule has 0 aliphatic carbocycles. The summed E-state index contributed by atoms with van der Waals surface area (Å²) in [5.74, 6) is -0.0622. The van der Waals surface area contributed by atoms with Gasteiger partial charge in [-0.3, -0.25) is 14.9 Å². The Morgan fingerprint density at radius 1 is 1.52 bits per heavy atom. The van der Waals surface area contributed by atoms with E-state index in [1.165, 1.54) is 18.2 Å². The molecular formula is C15H22N4O4. The Morgan fingerprint density at radius 2 is 2.30 bits per heavy atom. The van der Waals surface area contributed by atoms with Crippen molar-refractivity contribution in [1.82, 2.24) is 10.6 Å². The lowest BCUT2D eigenvalue weighted by molar-refractivity contribution is -0.384. The SMILES string of the molecule is CC(CC(=O)Nc1cccc([N+](=O)[O-])c1)NCC1CNCC1O. The fourth-order valence-corrected chi connectivity index (χ4v) is 2.54. The van der Waals surface area contributed by atoms with Crippen LogP contribution in [0.4, 0.5) is 11.4 Å². The quantitative estimate of drug-likeness (QED) is 0.429. The summed E-state index contributed by atoms with van der Waals surface area (Å²) in [6.45, 7) is 3.90. The molecule has 23 heavy (non-hydrogen) atoms. The van der Waals surface area contributed by atoms with Crippen molar-refractivity contribution in [3.63, 3.8) is 0 Å². The highest BCUT2D eigenvalue weighted by atomic mass is 16.6. The lowest BCUT2D eigenvalue weighted by atomic mass is 10.1. The summed E-state index contributed by atoms with van der Waals surface area (Å²) in [6.07, 6.45) is -0.104. The molecule has 8 nitrogen and oxygen atoms in total. The van der Waals surface area contributed by atoms with Gasteiger partial charge in [0.25, 0.3) is 5.69 Å². The molecule has 1 aromatic rings. The van der Waals surface area contributed by atoms with E-state index < -0.39 is 4.92 Å². The largest absolute Gasteiger partial charge is 0.391 e. The lowest BCUT2D eigenvalue weighted by Crippen LogP contribution is -2.37. The van der Waals surface area contributed by atoms with Gasteiger partial charge in [-0.05, 0) is 13.0 Å². The van der Waals surface area contributed by atoms with Crippen LogP contribution in [-0.2, 0) is 4.79 Å². The smallest absolute Gasteiger partial charge is 0.271 e. The van der Waals surface area contributed by atoms with Gasteiger partial charge in [-0.25, -0.2) is 0 Å². The first-order valence-corrected chi connectivity index (χ1v) is 7.62. The summed E-state index contributed by atoms with van der Waals surface area (Å²) in [6, 6.07) is 5.80. The molecule has 0 spiro atoms. The third-order valence-electron chi connectivity index (χ3n) is 3.86. The number of benzene rings is 1. The Balaban J connectivity index is 1.77. The molecule has 0 bridgehead atoms. The van der Waals surface area contributed by atoms with Crippen molar-refractivity contribution in [2.45, 2.75) is 25.5 Å². The van der Waals surface area contributed by atoms with Gasteiger partial charge in [0.1, 0.15) is 0 Å². The lowest BCUT2D eigenvalue weighted by Gasteiger charge is -2.18. The minimum Gasteiger partial charge on any atom is -0.391 e. The number of carbonyl (C=O) groups excluding carboxylic acids is 1. The Hall–Kier alpha value is -2.03. The van der Waals surface area contributed by atoms with Crippen molar-refractivity contribution in [1.29, 1.82) is 0 Å². The Kier molecular flexibility index (Phi) is 6.03. The third kappa shape index (κ3) is 5.27. The number of amides is 1. The molecule has 1 amide bonds. The standard InChI is InChI=1S/C15H22N4O4/c1-10(17-8-11-7-16-9-14(11)20)5-15(21)18-12-3-2-4-13(6-12)19(22)23/h2-4,6,10-11,14,16-17,20H,5,7-9H2,1H3,(H,18,21). The number of rotatable bonds is 7. The van der Waals surface area contributed by atoms with Crippen LogP contribution in [0, 0.1) is 16.0 Å². The topological polar surface area (TPSA) is 117 Å². The number of nitrogens with one attached hydrogen (secondary N) is 3. The number of hydrogen-bond donors (Lipinski definition) is 4. The molecule has 1 heterocycles. The Labute approximate surface area is 134 Å². The molecule has 0 aromatic heterocycles. The van der Waals surface area contributed by atoms with Crippen molar-refractivity contribution in [3.05, 3.63) is 34.4 Å². The van der Waals surface area contributed by atoms with Crippen molar-refractivity contribution < 1.29 is 14.8 Å². The first-order valence-electron chi connectivity index (χ1n) is 7.62. The highest BCUT2D eigenvalue weighted by molar-refractivity contribution is 5.91. The Morgan fingerprint density at radius 3 is 2.96 bits per heavy atom. The zero-order chi connectivity index (χ0) is 16.8. The summed E-state index contributed by atoms with van der Waals surface area (Å²) in [7, 11) is 0.